The van der Waals surface area contributed by atoms with Gasteiger partial charge in [-0.15, -0.1) is 11.3 Å². The first kappa shape index (κ1) is 29.9. The molecule has 0 amide bonds. The first-order valence-corrected chi connectivity index (χ1v) is 18.7. The van der Waals surface area contributed by atoms with Gasteiger partial charge in [-0.3, -0.25) is 4.57 Å². The fraction of sp³-hybridized carbons (Fsp3) is 0. The number of furan rings is 1. The van der Waals surface area contributed by atoms with Gasteiger partial charge in [0.1, 0.15) is 17.0 Å². The molecule has 0 unspecified atom stereocenters. The van der Waals surface area contributed by atoms with E-state index < -0.39 is 0 Å². The molecule has 0 aliphatic carbocycles. The molecule has 0 fully saturated rings. The summed E-state index contributed by atoms with van der Waals surface area (Å²) >= 11 is 1.85. The van der Waals surface area contributed by atoms with Gasteiger partial charge in [0.15, 0.2) is 0 Å². The number of nitrogens with zero attached hydrogens (tertiary/aromatic N) is 2. The number of benzene rings is 8. The maximum atomic E-state index is 6.21. The Kier molecular flexibility index (Phi) is 6.73. The van der Waals surface area contributed by atoms with E-state index >= 15 is 0 Å². The third-order valence-electron chi connectivity index (χ3n) is 10.4. The molecule has 4 heteroatoms. The quantitative estimate of drug-likeness (QED) is 0.180. The Labute approximate surface area is 309 Å². The Hall–Kier alpha value is -6.75. The normalized spacial score (nSPS) is 11.8. The Balaban J connectivity index is 1.12. The topological polar surface area (TPSA) is 31.0 Å². The second-order valence-corrected chi connectivity index (χ2v) is 14.7. The van der Waals surface area contributed by atoms with E-state index in [2.05, 4.69) is 168 Å². The molecule has 0 radical (unpaired) electrons. The highest BCUT2D eigenvalue weighted by Crippen LogP contribution is 2.40. The van der Waals surface area contributed by atoms with E-state index in [0.717, 1.165) is 72.3 Å². The zero-order chi connectivity index (χ0) is 34.9. The molecule has 11 aromatic rings. The second kappa shape index (κ2) is 11.9. The van der Waals surface area contributed by atoms with E-state index in [4.69, 9.17) is 9.40 Å². The van der Waals surface area contributed by atoms with Crippen molar-refractivity contribution in [2.24, 2.45) is 0 Å². The number of imidazole rings is 1. The van der Waals surface area contributed by atoms with Crippen molar-refractivity contribution in [1.82, 2.24) is 9.55 Å². The predicted octanol–water partition coefficient (Wildman–Crippen LogP) is 14.0. The van der Waals surface area contributed by atoms with Gasteiger partial charge >= 0.3 is 0 Å². The lowest BCUT2D eigenvalue weighted by molar-refractivity contribution is 0.669. The SMILES string of the molecule is c1ccc(-c2nc3ccccc3n2-c2cccc(-c3cc(-c4ccc5oc6ccccc6c5c4)cc(-c4ccc5sc6ccccc6c5c4)c3)c2)cc1. The summed E-state index contributed by atoms with van der Waals surface area (Å²) in [5, 5.41) is 4.85. The molecule has 3 heterocycles. The van der Waals surface area contributed by atoms with Gasteiger partial charge in [-0.2, -0.15) is 0 Å². The number of hydrogen-bond donors (Lipinski definition) is 0. The van der Waals surface area contributed by atoms with E-state index in [1.54, 1.807) is 0 Å². The standard InChI is InChI=1S/C49H30N2OS/c1-2-11-31(12-3-1)49-50-43-17-6-7-18-44(43)51(49)38-14-10-13-32(28-38)35-25-36(33-21-23-46-41(29-33)39-15-4-8-19-45(39)52-46)27-37(26-35)34-22-24-48-42(30-34)40-16-5-9-20-47(40)53-48/h1-30H. The molecule has 0 N–H and O–H groups in total. The van der Waals surface area contributed by atoms with Crippen LogP contribution in [0.25, 0.3) is 104 Å². The molecule has 11 rings (SSSR count). The highest BCUT2D eigenvalue weighted by atomic mass is 32.1. The van der Waals surface area contributed by atoms with Crippen LogP contribution in [0.15, 0.2) is 186 Å². The van der Waals surface area contributed by atoms with Gasteiger partial charge in [0.2, 0.25) is 0 Å². The minimum atomic E-state index is 0.899. The molecule has 8 aromatic carbocycles. The van der Waals surface area contributed by atoms with E-state index in [0.29, 0.717) is 0 Å². The van der Waals surface area contributed by atoms with Gasteiger partial charge in [0.25, 0.3) is 0 Å². The summed E-state index contributed by atoms with van der Waals surface area (Å²) in [4.78, 5) is 5.11. The molecular weight excluding hydrogens is 665 g/mol. The van der Waals surface area contributed by atoms with Crippen LogP contribution in [-0.4, -0.2) is 9.55 Å². The monoisotopic (exact) mass is 694 g/mol. The summed E-state index contributed by atoms with van der Waals surface area (Å²) in [6, 6.07) is 65.2. The molecule has 0 saturated heterocycles. The Morgan fingerprint density at radius 1 is 0.396 bits per heavy atom. The minimum absolute atomic E-state index is 0.899. The summed E-state index contributed by atoms with van der Waals surface area (Å²) in [5.41, 5.74) is 13.0. The molecule has 0 spiro atoms. The van der Waals surface area contributed by atoms with Crippen LogP contribution in [0.5, 0.6) is 0 Å². The molecule has 3 aromatic heterocycles. The molecule has 53 heavy (non-hydrogen) atoms. The van der Waals surface area contributed by atoms with Crippen LogP contribution in [0, 0.1) is 0 Å². The molecular formula is C49H30N2OS. The van der Waals surface area contributed by atoms with Crippen molar-refractivity contribution in [2.45, 2.75) is 0 Å². The van der Waals surface area contributed by atoms with Gasteiger partial charge < -0.3 is 4.42 Å². The number of thiophene rings is 1. The largest absolute Gasteiger partial charge is 0.456 e. The van der Waals surface area contributed by atoms with Gasteiger partial charge in [-0.25, -0.2) is 4.98 Å². The van der Waals surface area contributed by atoms with Gasteiger partial charge in [0, 0.05) is 42.2 Å². The maximum Gasteiger partial charge on any atom is 0.145 e. The van der Waals surface area contributed by atoms with Crippen LogP contribution in [0.1, 0.15) is 0 Å². The summed E-state index contributed by atoms with van der Waals surface area (Å²) in [6.45, 7) is 0. The van der Waals surface area contributed by atoms with Crippen molar-refractivity contribution in [3.63, 3.8) is 0 Å². The van der Waals surface area contributed by atoms with Crippen LogP contribution in [0.4, 0.5) is 0 Å². The zero-order valence-electron chi connectivity index (χ0n) is 28.5. The molecule has 0 saturated carbocycles. The highest BCUT2D eigenvalue weighted by Gasteiger charge is 2.16. The number of aromatic nitrogens is 2. The zero-order valence-corrected chi connectivity index (χ0v) is 29.3. The lowest BCUT2D eigenvalue weighted by Gasteiger charge is -2.14. The van der Waals surface area contributed by atoms with Gasteiger partial charge in [-0.05, 0) is 112 Å². The van der Waals surface area contributed by atoms with Crippen LogP contribution in [0.3, 0.4) is 0 Å². The lowest BCUT2D eigenvalue weighted by Crippen LogP contribution is -1.98. The number of rotatable bonds is 5. The molecule has 0 aliphatic heterocycles. The van der Waals surface area contributed by atoms with Gasteiger partial charge in [0.05, 0.1) is 11.0 Å². The lowest BCUT2D eigenvalue weighted by atomic mass is 9.92. The first-order valence-electron chi connectivity index (χ1n) is 17.9. The van der Waals surface area contributed by atoms with Crippen molar-refractivity contribution in [2.75, 3.05) is 0 Å². The van der Waals surface area contributed by atoms with Crippen molar-refractivity contribution < 1.29 is 4.42 Å². The molecule has 3 nitrogen and oxygen atoms in total. The smallest absolute Gasteiger partial charge is 0.145 e. The average molecular weight is 695 g/mol. The van der Waals surface area contributed by atoms with Crippen LogP contribution in [-0.2, 0) is 0 Å². The Morgan fingerprint density at radius 2 is 1.02 bits per heavy atom. The molecule has 0 aliphatic rings. The van der Waals surface area contributed by atoms with Crippen LogP contribution >= 0.6 is 11.3 Å². The van der Waals surface area contributed by atoms with Crippen LogP contribution in [0.2, 0.25) is 0 Å². The van der Waals surface area contributed by atoms with E-state index in [-0.39, 0.29) is 0 Å². The van der Waals surface area contributed by atoms with Crippen molar-refractivity contribution in [3.05, 3.63) is 182 Å². The second-order valence-electron chi connectivity index (χ2n) is 13.6. The summed E-state index contributed by atoms with van der Waals surface area (Å²) in [6.07, 6.45) is 0. The Morgan fingerprint density at radius 3 is 1.87 bits per heavy atom. The summed E-state index contributed by atoms with van der Waals surface area (Å²) in [7, 11) is 0. The van der Waals surface area contributed by atoms with Crippen molar-refractivity contribution >= 4 is 64.5 Å². The third-order valence-corrected chi connectivity index (χ3v) is 11.5. The molecule has 248 valence electrons. The third kappa shape index (κ3) is 4.99. The van der Waals surface area contributed by atoms with Crippen molar-refractivity contribution in [1.29, 1.82) is 0 Å². The number of para-hydroxylation sites is 3. The summed E-state index contributed by atoms with van der Waals surface area (Å²) in [5.74, 6) is 0.926. The number of hydrogen-bond acceptors (Lipinski definition) is 3. The van der Waals surface area contributed by atoms with Crippen molar-refractivity contribution in [3.8, 4) is 50.5 Å². The molecule has 0 bridgehead atoms. The predicted molar refractivity (Wildman–Crippen MR) is 223 cm³/mol. The Bertz CT molecular complexity index is 3050. The minimum Gasteiger partial charge on any atom is -0.456 e. The average Bonchev–Trinajstić information content (AvgIpc) is 3.92. The van der Waals surface area contributed by atoms with E-state index in [9.17, 15) is 0 Å². The molecule has 0 atom stereocenters. The first-order chi connectivity index (χ1) is 26.2. The van der Waals surface area contributed by atoms with Crippen LogP contribution < -0.4 is 0 Å². The fourth-order valence-electron chi connectivity index (χ4n) is 7.83. The maximum absolute atomic E-state index is 6.21. The number of fused-ring (bicyclic) bond motifs is 7. The highest BCUT2D eigenvalue weighted by molar-refractivity contribution is 7.25. The van der Waals surface area contributed by atoms with E-state index in [1.165, 1.54) is 31.3 Å². The summed E-state index contributed by atoms with van der Waals surface area (Å²) < 4.78 is 11.1. The van der Waals surface area contributed by atoms with E-state index in [1.807, 2.05) is 29.5 Å². The van der Waals surface area contributed by atoms with Gasteiger partial charge in [-0.1, -0.05) is 103 Å². The fourth-order valence-corrected chi connectivity index (χ4v) is 8.92.